The molecule has 3 rings (SSSR count). The third-order valence-electron chi connectivity index (χ3n) is 2.79. The van der Waals surface area contributed by atoms with E-state index in [9.17, 15) is 8.42 Å². The first kappa shape index (κ1) is 15.2. The molecule has 0 unspecified atom stereocenters. The van der Waals surface area contributed by atoms with Gasteiger partial charge in [-0.2, -0.15) is 0 Å². The highest BCUT2D eigenvalue weighted by Gasteiger charge is 2.38. The molecule has 2 heterocycles. The Morgan fingerprint density at radius 2 is 1.82 bits per heavy atom. The van der Waals surface area contributed by atoms with Crippen LogP contribution in [0.2, 0.25) is 0 Å². The van der Waals surface area contributed by atoms with Gasteiger partial charge in [0, 0.05) is 16.6 Å². The third-order valence-corrected chi connectivity index (χ3v) is 5.96. The van der Waals surface area contributed by atoms with Crippen molar-refractivity contribution in [3.05, 3.63) is 40.9 Å². The van der Waals surface area contributed by atoms with E-state index in [2.05, 4.69) is 25.7 Å². The first-order chi connectivity index (χ1) is 10.4. The van der Waals surface area contributed by atoms with Crippen molar-refractivity contribution in [3.63, 3.8) is 0 Å². The normalized spacial score (nSPS) is 16.3. The van der Waals surface area contributed by atoms with Gasteiger partial charge in [0.1, 0.15) is 0 Å². The topological polar surface area (TPSA) is 122 Å². The molecule has 0 atom stereocenters. The first-order valence-electron chi connectivity index (χ1n) is 5.98. The zero-order valence-electron chi connectivity index (χ0n) is 11.2. The molecule has 2 aromatic rings. The molecule has 2 N–H and O–H groups in total. The Balaban J connectivity index is 1.98. The van der Waals surface area contributed by atoms with Gasteiger partial charge < -0.3 is 0 Å². The number of aryl methyl sites for hydroxylation is 1. The molecule has 0 saturated heterocycles. The Morgan fingerprint density at radius 1 is 1.18 bits per heavy atom. The second-order valence-electron chi connectivity index (χ2n) is 4.41. The van der Waals surface area contributed by atoms with Gasteiger partial charge in [-0.05, 0) is 41.3 Å². The van der Waals surface area contributed by atoms with E-state index in [0.717, 1.165) is 10.0 Å². The molecule has 114 valence electrons. The summed E-state index contributed by atoms with van der Waals surface area (Å²) in [7, 11) is -3.74. The molecule has 0 aliphatic carbocycles. The highest BCUT2D eigenvalue weighted by Crippen LogP contribution is 2.47. The fraction of sp³-hybridized carbons (Fsp3) is 0.182. The van der Waals surface area contributed by atoms with Crippen LogP contribution in [0.5, 0.6) is 0 Å². The molecule has 1 aromatic carbocycles. The highest BCUT2D eigenvalue weighted by atomic mass is 32.2. The SMILES string of the molecule is Cc1csc(SC2(c3ccc(S(N)(=O)=O)cc3)N=NN=N2)n1. The van der Waals surface area contributed by atoms with E-state index < -0.39 is 15.0 Å². The summed E-state index contributed by atoms with van der Waals surface area (Å²) in [6.45, 7) is 1.89. The lowest BCUT2D eigenvalue weighted by Crippen LogP contribution is -2.15. The summed E-state index contributed by atoms with van der Waals surface area (Å²) < 4.78 is 23.4. The molecule has 22 heavy (non-hydrogen) atoms. The number of nitrogens with two attached hydrogens (primary N) is 1. The van der Waals surface area contributed by atoms with E-state index >= 15 is 0 Å². The molecule has 1 aliphatic rings. The maximum atomic E-state index is 11.3. The van der Waals surface area contributed by atoms with Crippen molar-refractivity contribution < 1.29 is 8.42 Å². The van der Waals surface area contributed by atoms with E-state index in [0.29, 0.717) is 5.56 Å². The van der Waals surface area contributed by atoms with Crippen molar-refractivity contribution >= 4 is 33.1 Å². The van der Waals surface area contributed by atoms with Crippen LogP contribution in [-0.2, 0) is 15.0 Å². The molecule has 0 amide bonds. The number of rotatable bonds is 4. The van der Waals surface area contributed by atoms with E-state index in [4.69, 9.17) is 5.14 Å². The van der Waals surface area contributed by atoms with Crippen LogP contribution >= 0.6 is 23.1 Å². The van der Waals surface area contributed by atoms with Crippen molar-refractivity contribution in [2.75, 3.05) is 0 Å². The summed E-state index contributed by atoms with van der Waals surface area (Å²) in [5, 5.41) is 22.3. The third kappa shape index (κ3) is 2.92. The first-order valence-corrected chi connectivity index (χ1v) is 9.22. The van der Waals surface area contributed by atoms with Gasteiger partial charge in [-0.25, -0.2) is 18.5 Å². The monoisotopic (exact) mass is 354 g/mol. The fourth-order valence-corrected chi connectivity index (χ4v) is 4.32. The minimum atomic E-state index is -3.74. The standard InChI is InChI=1S/C11H10N6O2S3/c1-7-6-20-10(13-7)21-11(14-16-17-15-11)8-2-4-9(5-3-8)22(12,18)19/h2-6H,1H3,(H2,12,18,19). The lowest BCUT2D eigenvalue weighted by Gasteiger charge is -2.18. The number of thioether (sulfide) groups is 1. The number of sulfonamides is 1. The van der Waals surface area contributed by atoms with Gasteiger partial charge in [-0.3, -0.25) is 0 Å². The molecular formula is C11H10N6O2S3. The number of thiazole rings is 1. The van der Waals surface area contributed by atoms with Gasteiger partial charge in [0.15, 0.2) is 4.34 Å². The van der Waals surface area contributed by atoms with Crippen LogP contribution in [0.4, 0.5) is 0 Å². The zero-order valence-corrected chi connectivity index (χ0v) is 13.7. The summed E-state index contributed by atoms with van der Waals surface area (Å²) in [6, 6.07) is 6.00. The Labute approximate surface area is 134 Å². The lowest BCUT2D eigenvalue weighted by molar-refractivity contribution is 0.597. The van der Waals surface area contributed by atoms with Crippen LogP contribution in [0.3, 0.4) is 0 Å². The second kappa shape index (κ2) is 5.50. The molecule has 0 saturated carbocycles. The summed E-state index contributed by atoms with van der Waals surface area (Å²) in [5.41, 5.74) is 1.54. The van der Waals surface area contributed by atoms with Crippen molar-refractivity contribution in [1.82, 2.24) is 4.98 Å². The van der Waals surface area contributed by atoms with E-state index in [1.165, 1.54) is 35.2 Å². The smallest absolute Gasteiger partial charge is 0.235 e. The van der Waals surface area contributed by atoms with Gasteiger partial charge in [0.25, 0.3) is 4.99 Å². The maximum absolute atomic E-state index is 11.3. The molecule has 0 radical (unpaired) electrons. The average Bonchev–Trinajstić information content (AvgIpc) is 3.09. The molecule has 0 bridgehead atoms. The number of hydrogen-bond donors (Lipinski definition) is 1. The van der Waals surface area contributed by atoms with E-state index in [-0.39, 0.29) is 4.90 Å². The number of benzene rings is 1. The van der Waals surface area contributed by atoms with Crippen molar-refractivity contribution in [2.24, 2.45) is 25.8 Å². The highest BCUT2D eigenvalue weighted by molar-refractivity contribution is 8.01. The van der Waals surface area contributed by atoms with Crippen LogP contribution in [-0.4, -0.2) is 13.4 Å². The maximum Gasteiger partial charge on any atom is 0.272 e. The van der Waals surface area contributed by atoms with Gasteiger partial charge in [0.05, 0.1) is 4.90 Å². The Kier molecular flexibility index (Phi) is 3.80. The van der Waals surface area contributed by atoms with Gasteiger partial charge in [-0.15, -0.1) is 21.6 Å². The summed E-state index contributed by atoms with van der Waals surface area (Å²) in [4.78, 5) is 3.30. The fourth-order valence-electron chi connectivity index (χ4n) is 1.76. The zero-order chi connectivity index (χ0) is 15.8. The van der Waals surface area contributed by atoms with Crippen molar-refractivity contribution in [1.29, 1.82) is 0 Å². The Bertz CT molecular complexity index is 844. The largest absolute Gasteiger partial charge is 0.272 e. The van der Waals surface area contributed by atoms with Crippen LogP contribution in [0, 0.1) is 6.92 Å². The van der Waals surface area contributed by atoms with Crippen molar-refractivity contribution in [3.8, 4) is 0 Å². The lowest BCUT2D eigenvalue weighted by atomic mass is 10.2. The average molecular weight is 354 g/mol. The molecular weight excluding hydrogens is 344 g/mol. The second-order valence-corrected chi connectivity index (χ2v) is 8.25. The summed E-state index contributed by atoms with van der Waals surface area (Å²) in [5.74, 6) is 0. The van der Waals surface area contributed by atoms with Gasteiger partial charge >= 0.3 is 0 Å². The number of aromatic nitrogens is 1. The van der Waals surface area contributed by atoms with E-state index in [1.807, 2.05) is 12.3 Å². The number of hydrogen-bond acceptors (Lipinski definition) is 9. The Morgan fingerprint density at radius 3 is 2.32 bits per heavy atom. The molecule has 0 spiro atoms. The van der Waals surface area contributed by atoms with Gasteiger partial charge in [-0.1, -0.05) is 12.1 Å². The molecule has 11 heteroatoms. The van der Waals surface area contributed by atoms with Crippen molar-refractivity contribution in [2.45, 2.75) is 21.2 Å². The van der Waals surface area contributed by atoms with Gasteiger partial charge in [0.2, 0.25) is 10.0 Å². The summed E-state index contributed by atoms with van der Waals surface area (Å²) in [6.07, 6.45) is 0. The van der Waals surface area contributed by atoms with Crippen LogP contribution < -0.4 is 5.14 Å². The minimum absolute atomic E-state index is 0.0216. The Hall–Kier alpha value is -1.69. The minimum Gasteiger partial charge on any atom is -0.235 e. The molecule has 1 aromatic heterocycles. The summed E-state index contributed by atoms with van der Waals surface area (Å²) >= 11 is 2.76. The van der Waals surface area contributed by atoms with Crippen LogP contribution in [0.25, 0.3) is 0 Å². The van der Waals surface area contributed by atoms with Crippen LogP contribution in [0.1, 0.15) is 11.3 Å². The van der Waals surface area contributed by atoms with E-state index in [1.54, 1.807) is 12.1 Å². The predicted octanol–water partition coefficient (Wildman–Crippen LogP) is 2.83. The number of nitrogens with zero attached hydrogens (tertiary/aromatic N) is 5. The quantitative estimate of drug-likeness (QED) is 0.906. The van der Waals surface area contributed by atoms with Crippen LogP contribution in [0.15, 0.2) is 59.6 Å². The molecule has 1 aliphatic heterocycles. The molecule has 8 nitrogen and oxygen atoms in total. The predicted molar refractivity (Wildman–Crippen MR) is 81.9 cm³/mol. The molecule has 0 fully saturated rings. The number of primary sulfonamides is 1.